The number of aryl methyl sites for hydroxylation is 1. The summed E-state index contributed by atoms with van der Waals surface area (Å²) in [5, 5.41) is 4.07. The van der Waals surface area contributed by atoms with E-state index in [2.05, 4.69) is 27.8 Å². The van der Waals surface area contributed by atoms with Gasteiger partial charge in [-0.2, -0.15) is 0 Å². The predicted molar refractivity (Wildman–Crippen MR) is 67.0 cm³/mol. The highest BCUT2D eigenvalue weighted by atomic mass is 16.5. The summed E-state index contributed by atoms with van der Waals surface area (Å²) in [6, 6.07) is 2.02. The molecule has 4 rings (SSSR count). The fraction of sp³-hybridized carbons (Fsp3) is 0.571. The molecule has 2 aliphatic carbocycles. The summed E-state index contributed by atoms with van der Waals surface area (Å²) in [7, 11) is 0. The Balaban J connectivity index is 1.75. The molecule has 2 aromatic heterocycles. The van der Waals surface area contributed by atoms with Crippen LogP contribution in [0.15, 0.2) is 23.0 Å². The molecular weight excluding hydrogens is 226 g/mol. The molecule has 4 heteroatoms. The molecule has 0 unspecified atom stereocenters. The van der Waals surface area contributed by atoms with Gasteiger partial charge in [0, 0.05) is 24.0 Å². The normalized spacial score (nSPS) is 21.2. The molecule has 0 bridgehead atoms. The first-order valence-corrected chi connectivity index (χ1v) is 6.83. The largest absolute Gasteiger partial charge is 0.353 e. The number of nitrogens with zero attached hydrogens (tertiary/aromatic N) is 3. The molecule has 0 spiro atoms. The fourth-order valence-corrected chi connectivity index (χ4v) is 3.02. The summed E-state index contributed by atoms with van der Waals surface area (Å²) in [4.78, 5) is 4.48. The van der Waals surface area contributed by atoms with E-state index in [9.17, 15) is 0 Å². The Kier molecular flexibility index (Phi) is 1.99. The lowest BCUT2D eigenvalue weighted by Gasteiger charge is -2.18. The summed E-state index contributed by atoms with van der Waals surface area (Å²) in [5.41, 5.74) is 1.35. The molecule has 2 saturated carbocycles. The quantitative estimate of drug-likeness (QED) is 0.829. The van der Waals surface area contributed by atoms with Crippen molar-refractivity contribution in [1.29, 1.82) is 0 Å². The minimum absolute atomic E-state index is 0.352. The van der Waals surface area contributed by atoms with Gasteiger partial charge in [0.2, 0.25) is 5.76 Å². The zero-order chi connectivity index (χ0) is 12.2. The van der Waals surface area contributed by atoms with Gasteiger partial charge in [0.25, 0.3) is 0 Å². The van der Waals surface area contributed by atoms with E-state index in [0.717, 1.165) is 29.6 Å². The van der Waals surface area contributed by atoms with Gasteiger partial charge in [0.05, 0.1) is 5.69 Å². The van der Waals surface area contributed by atoms with Crippen LogP contribution >= 0.6 is 0 Å². The van der Waals surface area contributed by atoms with E-state index in [1.54, 1.807) is 0 Å². The van der Waals surface area contributed by atoms with Gasteiger partial charge >= 0.3 is 0 Å². The van der Waals surface area contributed by atoms with Crippen LogP contribution in [0.2, 0.25) is 0 Å². The fourth-order valence-electron chi connectivity index (χ4n) is 3.02. The Hall–Kier alpha value is -1.58. The number of rotatable bonds is 4. The van der Waals surface area contributed by atoms with Gasteiger partial charge in [-0.25, -0.2) is 4.98 Å². The molecule has 94 valence electrons. The van der Waals surface area contributed by atoms with Gasteiger partial charge in [-0.15, -0.1) is 0 Å². The first-order valence-electron chi connectivity index (χ1n) is 6.83. The zero-order valence-corrected chi connectivity index (χ0v) is 10.6. The Morgan fingerprint density at radius 3 is 2.89 bits per heavy atom. The van der Waals surface area contributed by atoms with Crippen molar-refractivity contribution in [3.63, 3.8) is 0 Å². The second-order valence-corrected chi connectivity index (χ2v) is 5.53. The van der Waals surface area contributed by atoms with Crippen LogP contribution in [-0.4, -0.2) is 14.7 Å². The van der Waals surface area contributed by atoms with Crippen molar-refractivity contribution < 1.29 is 4.52 Å². The van der Waals surface area contributed by atoms with Crippen LogP contribution in [-0.2, 0) is 12.0 Å². The number of imidazole rings is 1. The third-order valence-corrected chi connectivity index (χ3v) is 4.36. The van der Waals surface area contributed by atoms with Crippen LogP contribution in [0.3, 0.4) is 0 Å². The predicted octanol–water partition coefficient (Wildman–Crippen LogP) is 3.00. The first-order chi connectivity index (χ1) is 8.83. The molecule has 2 aromatic rings. The standard InChI is InChI=1S/C14H17N3O/c1-2-11-9-12(18-16-11)13-15-7-8-17(13)14(5-6-14)10-3-4-10/h7-10H,2-6H2,1H3. The van der Waals surface area contributed by atoms with Crippen molar-refractivity contribution in [3.8, 4) is 11.6 Å². The molecule has 0 saturated heterocycles. The molecule has 0 aromatic carbocycles. The van der Waals surface area contributed by atoms with E-state index in [1.165, 1.54) is 25.7 Å². The van der Waals surface area contributed by atoms with Crippen molar-refractivity contribution in [3.05, 3.63) is 24.2 Å². The third kappa shape index (κ3) is 1.38. The van der Waals surface area contributed by atoms with E-state index >= 15 is 0 Å². The van der Waals surface area contributed by atoms with Gasteiger partial charge in [0.1, 0.15) is 0 Å². The summed E-state index contributed by atoms with van der Waals surface area (Å²) in [5.74, 6) is 2.62. The van der Waals surface area contributed by atoms with E-state index in [4.69, 9.17) is 4.52 Å². The maximum absolute atomic E-state index is 5.43. The lowest BCUT2D eigenvalue weighted by atomic mass is 10.1. The zero-order valence-electron chi connectivity index (χ0n) is 10.6. The van der Waals surface area contributed by atoms with Gasteiger partial charge < -0.3 is 9.09 Å². The Labute approximate surface area is 106 Å². The van der Waals surface area contributed by atoms with Gasteiger partial charge in [-0.3, -0.25) is 0 Å². The van der Waals surface area contributed by atoms with Crippen molar-refractivity contribution in [2.24, 2.45) is 5.92 Å². The van der Waals surface area contributed by atoms with Crippen LogP contribution in [0.1, 0.15) is 38.3 Å². The highest BCUT2D eigenvalue weighted by Gasteiger charge is 2.56. The lowest BCUT2D eigenvalue weighted by molar-refractivity contribution is 0.397. The van der Waals surface area contributed by atoms with E-state index in [-0.39, 0.29) is 0 Å². The molecule has 0 atom stereocenters. The molecule has 2 heterocycles. The first kappa shape index (κ1) is 10.4. The second-order valence-electron chi connectivity index (χ2n) is 5.53. The Morgan fingerprint density at radius 1 is 1.44 bits per heavy atom. The van der Waals surface area contributed by atoms with Crippen molar-refractivity contribution >= 4 is 0 Å². The molecule has 0 amide bonds. The molecule has 2 aliphatic rings. The van der Waals surface area contributed by atoms with Crippen LogP contribution in [0.4, 0.5) is 0 Å². The van der Waals surface area contributed by atoms with Gasteiger partial charge in [0.15, 0.2) is 5.82 Å². The topological polar surface area (TPSA) is 43.9 Å². The number of aromatic nitrogens is 3. The van der Waals surface area contributed by atoms with Gasteiger partial charge in [-0.1, -0.05) is 12.1 Å². The molecule has 0 N–H and O–H groups in total. The summed E-state index contributed by atoms with van der Waals surface area (Å²) in [6.07, 6.45) is 10.2. The van der Waals surface area contributed by atoms with Crippen LogP contribution in [0, 0.1) is 5.92 Å². The van der Waals surface area contributed by atoms with Crippen molar-refractivity contribution in [2.75, 3.05) is 0 Å². The molecule has 0 radical (unpaired) electrons. The van der Waals surface area contributed by atoms with E-state index in [1.807, 2.05) is 12.3 Å². The molecule has 0 aliphatic heterocycles. The minimum atomic E-state index is 0.352. The number of hydrogen-bond donors (Lipinski definition) is 0. The highest BCUT2D eigenvalue weighted by molar-refractivity contribution is 5.49. The van der Waals surface area contributed by atoms with Crippen molar-refractivity contribution in [2.45, 2.75) is 44.6 Å². The van der Waals surface area contributed by atoms with E-state index in [0.29, 0.717) is 5.54 Å². The van der Waals surface area contributed by atoms with Crippen LogP contribution < -0.4 is 0 Å². The van der Waals surface area contributed by atoms with Crippen LogP contribution in [0.25, 0.3) is 11.6 Å². The van der Waals surface area contributed by atoms with Crippen LogP contribution in [0.5, 0.6) is 0 Å². The Bertz CT molecular complexity index is 575. The average Bonchev–Trinajstić information content (AvgIpc) is 3.28. The summed E-state index contributed by atoms with van der Waals surface area (Å²) < 4.78 is 7.77. The maximum Gasteiger partial charge on any atom is 0.202 e. The maximum atomic E-state index is 5.43. The van der Waals surface area contributed by atoms with Gasteiger partial charge in [-0.05, 0) is 38.0 Å². The average molecular weight is 243 g/mol. The Morgan fingerprint density at radius 2 is 2.28 bits per heavy atom. The molecule has 2 fully saturated rings. The highest BCUT2D eigenvalue weighted by Crippen LogP contribution is 2.60. The molecule has 18 heavy (non-hydrogen) atoms. The lowest BCUT2D eigenvalue weighted by Crippen LogP contribution is -2.19. The summed E-state index contributed by atoms with van der Waals surface area (Å²) in [6.45, 7) is 2.08. The second kappa shape index (κ2) is 3.46. The monoisotopic (exact) mass is 243 g/mol. The smallest absolute Gasteiger partial charge is 0.202 e. The van der Waals surface area contributed by atoms with Crippen molar-refractivity contribution in [1.82, 2.24) is 14.7 Å². The van der Waals surface area contributed by atoms with E-state index < -0.39 is 0 Å². The number of hydrogen-bond acceptors (Lipinski definition) is 3. The molecule has 4 nitrogen and oxygen atoms in total. The molecular formula is C14H17N3O. The SMILES string of the molecule is CCc1cc(-c2nccn2C2(C3CC3)CC2)on1. The third-order valence-electron chi connectivity index (χ3n) is 4.36. The summed E-state index contributed by atoms with van der Waals surface area (Å²) >= 11 is 0. The minimum Gasteiger partial charge on any atom is -0.353 e.